The molecule has 0 aromatic rings. The van der Waals surface area contributed by atoms with Crippen molar-refractivity contribution in [3.8, 4) is 0 Å². The summed E-state index contributed by atoms with van der Waals surface area (Å²) in [7, 11) is 5.53. The van der Waals surface area contributed by atoms with Crippen molar-refractivity contribution in [1.29, 1.82) is 0 Å². The Balaban J connectivity index is 3.31. The number of methoxy groups -OCH3 is 1. The monoisotopic (exact) mass is 202 g/mol. The third kappa shape index (κ3) is 6.86. The number of nitrogens with zero attached hydrogens (tertiary/aromatic N) is 1. The van der Waals surface area contributed by atoms with E-state index >= 15 is 0 Å². The Hall–Kier alpha value is -0.610. The summed E-state index contributed by atoms with van der Waals surface area (Å²) in [5, 5.41) is 3.23. The Morgan fingerprint density at radius 3 is 2.64 bits per heavy atom. The fourth-order valence-corrected chi connectivity index (χ4v) is 1.12. The van der Waals surface area contributed by atoms with Gasteiger partial charge < -0.3 is 15.0 Å². The SMILES string of the molecule is COC(=O)[C@H](C)CNCCCN(C)C. The number of carbonyl (C=O) groups excluding carboxylic acids is 1. The fourth-order valence-electron chi connectivity index (χ4n) is 1.12. The molecular formula is C10H22N2O2. The third-order valence-corrected chi connectivity index (χ3v) is 2.01. The first kappa shape index (κ1) is 13.4. The summed E-state index contributed by atoms with van der Waals surface area (Å²) in [6, 6.07) is 0. The van der Waals surface area contributed by atoms with E-state index in [0.717, 1.165) is 19.5 Å². The summed E-state index contributed by atoms with van der Waals surface area (Å²) in [4.78, 5) is 13.2. The zero-order valence-electron chi connectivity index (χ0n) is 9.67. The van der Waals surface area contributed by atoms with Gasteiger partial charge in [0.2, 0.25) is 0 Å². The van der Waals surface area contributed by atoms with Crippen molar-refractivity contribution in [2.24, 2.45) is 5.92 Å². The Kier molecular flexibility index (Phi) is 7.42. The minimum atomic E-state index is -0.148. The van der Waals surface area contributed by atoms with Gasteiger partial charge in [-0.25, -0.2) is 0 Å². The number of rotatable bonds is 7. The molecule has 0 rings (SSSR count). The van der Waals surface area contributed by atoms with Crippen LogP contribution in [-0.2, 0) is 9.53 Å². The molecule has 0 bridgehead atoms. The van der Waals surface area contributed by atoms with E-state index in [9.17, 15) is 4.79 Å². The number of nitrogens with one attached hydrogen (secondary N) is 1. The van der Waals surface area contributed by atoms with Crippen molar-refractivity contribution in [3.05, 3.63) is 0 Å². The zero-order valence-corrected chi connectivity index (χ0v) is 9.67. The van der Waals surface area contributed by atoms with Gasteiger partial charge in [-0.15, -0.1) is 0 Å². The summed E-state index contributed by atoms with van der Waals surface area (Å²) < 4.78 is 4.62. The van der Waals surface area contributed by atoms with Gasteiger partial charge in [-0.05, 0) is 33.6 Å². The Labute approximate surface area is 86.6 Å². The smallest absolute Gasteiger partial charge is 0.309 e. The van der Waals surface area contributed by atoms with E-state index in [1.54, 1.807) is 0 Å². The highest BCUT2D eigenvalue weighted by atomic mass is 16.5. The van der Waals surface area contributed by atoms with Gasteiger partial charge in [0.15, 0.2) is 0 Å². The molecule has 0 aromatic heterocycles. The Morgan fingerprint density at radius 1 is 1.50 bits per heavy atom. The van der Waals surface area contributed by atoms with Gasteiger partial charge >= 0.3 is 5.97 Å². The molecule has 0 aliphatic rings. The van der Waals surface area contributed by atoms with E-state index in [4.69, 9.17) is 0 Å². The lowest BCUT2D eigenvalue weighted by atomic mass is 10.2. The molecule has 0 radical (unpaired) electrons. The second-order valence-corrected chi connectivity index (χ2v) is 3.79. The number of ether oxygens (including phenoxy) is 1. The second-order valence-electron chi connectivity index (χ2n) is 3.79. The Bertz CT molecular complexity index is 160. The lowest BCUT2D eigenvalue weighted by Gasteiger charge is -2.12. The van der Waals surface area contributed by atoms with Crippen LogP contribution in [0.5, 0.6) is 0 Å². The van der Waals surface area contributed by atoms with Crippen LogP contribution in [0.3, 0.4) is 0 Å². The van der Waals surface area contributed by atoms with Crippen molar-refractivity contribution in [2.75, 3.05) is 40.8 Å². The largest absolute Gasteiger partial charge is 0.469 e. The highest BCUT2D eigenvalue weighted by Gasteiger charge is 2.11. The molecule has 0 amide bonds. The summed E-state index contributed by atoms with van der Waals surface area (Å²) in [5.41, 5.74) is 0. The molecule has 14 heavy (non-hydrogen) atoms. The van der Waals surface area contributed by atoms with E-state index in [2.05, 4.69) is 29.0 Å². The first-order valence-corrected chi connectivity index (χ1v) is 5.01. The maximum absolute atomic E-state index is 11.0. The maximum atomic E-state index is 11.0. The molecule has 1 atom stereocenters. The second kappa shape index (κ2) is 7.76. The van der Waals surface area contributed by atoms with Crippen LogP contribution in [0.15, 0.2) is 0 Å². The van der Waals surface area contributed by atoms with E-state index in [0.29, 0.717) is 6.54 Å². The summed E-state index contributed by atoms with van der Waals surface area (Å²) in [5.74, 6) is -0.204. The zero-order chi connectivity index (χ0) is 11.0. The minimum Gasteiger partial charge on any atom is -0.469 e. The standard InChI is InChI=1S/C10H22N2O2/c1-9(10(13)14-4)8-11-6-5-7-12(2)3/h9,11H,5-8H2,1-4H3/t9-/m1/s1. The van der Waals surface area contributed by atoms with Crippen LogP contribution in [0.1, 0.15) is 13.3 Å². The van der Waals surface area contributed by atoms with Gasteiger partial charge in [0.1, 0.15) is 0 Å². The van der Waals surface area contributed by atoms with Crippen molar-refractivity contribution in [3.63, 3.8) is 0 Å². The van der Waals surface area contributed by atoms with Crippen LogP contribution in [-0.4, -0.2) is 51.7 Å². The molecule has 0 unspecified atom stereocenters. The number of hydrogen-bond donors (Lipinski definition) is 1. The molecule has 0 aliphatic heterocycles. The summed E-state index contributed by atoms with van der Waals surface area (Å²) >= 11 is 0. The molecule has 0 spiro atoms. The quantitative estimate of drug-likeness (QED) is 0.477. The molecule has 0 aliphatic carbocycles. The highest BCUT2D eigenvalue weighted by Crippen LogP contribution is 1.94. The molecule has 0 saturated carbocycles. The van der Waals surface area contributed by atoms with Crippen molar-refractivity contribution in [2.45, 2.75) is 13.3 Å². The van der Waals surface area contributed by atoms with E-state index in [1.165, 1.54) is 7.11 Å². The predicted octanol–water partition coefficient (Wildman–Crippen LogP) is 0.337. The third-order valence-electron chi connectivity index (χ3n) is 2.01. The predicted molar refractivity (Wildman–Crippen MR) is 57.2 cm³/mol. The van der Waals surface area contributed by atoms with Gasteiger partial charge in [-0.2, -0.15) is 0 Å². The lowest BCUT2D eigenvalue weighted by molar-refractivity contribution is -0.144. The number of hydrogen-bond acceptors (Lipinski definition) is 4. The molecule has 4 heteroatoms. The molecule has 0 fully saturated rings. The van der Waals surface area contributed by atoms with Crippen LogP contribution >= 0.6 is 0 Å². The van der Waals surface area contributed by atoms with Crippen LogP contribution < -0.4 is 5.32 Å². The van der Waals surface area contributed by atoms with Crippen LogP contribution in [0.4, 0.5) is 0 Å². The van der Waals surface area contributed by atoms with Crippen molar-refractivity contribution < 1.29 is 9.53 Å². The molecule has 0 aromatic carbocycles. The first-order valence-electron chi connectivity index (χ1n) is 5.01. The lowest BCUT2D eigenvalue weighted by Crippen LogP contribution is -2.29. The topological polar surface area (TPSA) is 41.6 Å². The van der Waals surface area contributed by atoms with Crippen LogP contribution in [0, 0.1) is 5.92 Å². The molecule has 0 saturated heterocycles. The average molecular weight is 202 g/mol. The molecule has 1 N–H and O–H groups in total. The van der Waals surface area contributed by atoms with Gasteiger partial charge in [-0.3, -0.25) is 4.79 Å². The summed E-state index contributed by atoms with van der Waals surface area (Å²) in [6.07, 6.45) is 1.10. The molecular weight excluding hydrogens is 180 g/mol. The fraction of sp³-hybridized carbons (Fsp3) is 0.900. The highest BCUT2D eigenvalue weighted by molar-refractivity contribution is 5.71. The molecule has 4 nitrogen and oxygen atoms in total. The van der Waals surface area contributed by atoms with Crippen molar-refractivity contribution >= 4 is 5.97 Å². The van der Waals surface area contributed by atoms with Crippen LogP contribution in [0.25, 0.3) is 0 Å². The van der Waals surface area contributed by atoms with Gasteiger partial charge in [0.25, 0.3) is 0 Å². The minimum absolute atomic E-state index is 0.0562. The van der Waals surface area contributed by atoms with E-state index in [1.807, 2.05) is 6.92 Å². The molecule has 84 valence electrons. The summed E-state index contributed by atoms with van der Waals surface area (Å²) in [6.45, 7) is 4.57. The first-order chi connectivity index (χ1) is 6.57. The molecule has 0 heterocycles. The van der Waals surface area contributed by atoms with E-state index in [-0.39, 0.29) is 11.9 Å². The van der Waals surface area contributed by atoms with Gasteiger partial charge in [-0.1, -0.05) is 6.92 Å². The van der Waals surface area contributed by atoms with Gasteiger partial charge in [0, 0.05) is 6.54 Å². The average Bonchev–Trinajstić information content (AvgIpc) is 2.15. The Morgan fingerprint density at radius 2 is 2.14 bits per heavy atom. The van der Waals surface area contributed by atoms with E-state index < -0.39 is 0 Å². The van der Waals surface area contributed by atoms with Crippen molar-refractivity contribution in [1.82, 2.24) is 10.2 Å². The van der Waals surface area contributed by atoms with Crippen LogP contribution in [0.2, 0.25) is 0 Å². The maximum Gasteiger partial charge on any atom is 0.309 e. The number of esters is 1. The number of carbonyl (C=O) groups is 1. The normalized spacial score (nSPS) is 12.9. The van der Waals surface area contributed by atoms with Gasteiger partial charge in [0.05, 0.1) is 13.0 Å².